The maximum Gasteiger partial charge on any atom is 0.123 e. The lowest BCUT2D eigenvalue weighted by Crippen LogP contribution is -2.41. The first-order valence-electron chi connectivity index (χ1n) is 5.26. The first kappa shape index (κ1) is 10.6. The minimum absolute atomic E-state index is 0.161. The van der Waals surface area contributed by atoms with E-state index in [2.05, 4.69) is 18.9 Å². The summed E-state index contributed by atoms with van der Waals surface area (Å²) in [6, 6.07) is 6.91. The number of benzene rings is 1. The van der Waals surface area contributed by atoms with Gasteiger partial charge < -0.3 is 4.74 Å². The van der Waals surface area contributed by atoms with Crippen molar-refractivity contribution >= 4 is 0 Å². The molecule has 2 atom stereocenters. The van der Waals surface area contributed by atoms with Gasteiger partial charge in [-0.15, -0.1) is 0 Å². The predicted octanol–water partition coefficient (Wildman–Crippen LogP) is 2.22. The van der Waals surface area contributed by atoms with Crippen molar-refractivity contribution in [1.82, 2.24) is 4.90 Å². The number of rotatable bonds is 1. The van der Waals surface area contributed by atoms with Crippen molar-refractivity contribution in [3.05, 3.63) is 35.6 Å². The Morgan fingerprint density at radius 2 is 2.00 bits per heavy atom. The summed E-state index contributed by atoms with van der Waals surface area (Å²) in [5, 5.41) is 0. The van der Waals surface area contributed by atoms with Gasteiger partial charge in [-0.25, -0.2) is 4.39 Å². The van der Waals surface area contributed by atoms with E-state index in [1.807, 2.05) is 12.1 Å². The molecule has 0 radical (unpaired) electrons. The quantitative estimate of drug-likeness (QED) is 0.703. The summed E-state index contributed by atoms with van der Waals surface area (Å²) in [7, 11) is 2.08. The summed E-state index contributed by atoms with van der Waals surface area (Å²) in [5.41, 5.74) is 1.12. The maximum atomic E-state index is 12.8. The number of nitrogens with zero attached hydrogens (tertiary/aromatic N) is 1. The topological polar surface area (TPSA) is 12.5 Å². The van der Waals surface area contributed by atoms with E-state index < -0.39 is 0 Å². The van der Waals surface area contributed by atoms with Crippen LogP contribution in [0.1, 0.15) is 18.5 Å². The SMILES string of the molecule is C[C@@H]1OCCN(C)[C@H]1c1ccc(F)cc1. The van der Waals surface area contributed by atoms with Crippen LogP contribution in [0.15, 0.2) is 24.3 Å². The molecule has 82 valence electrons. The smallest absolute Gasteiger partial charge is 0.123 e. The minimum Gasteiger partial charge on any atom is -0.375 e. The molecule has 0 saturated carbocycles. The Bertz CT molecular complexity index is 315. The number of morpholine rings is 1. The van der Waals surface area contributed by atoms with E-state index in [0.717, 1.165) is 18.7 Å². The van der Waals surface area contributed by atoms with Gasteiger partial charge in [0.05, 0.1) is 18.8 Å². The molecule has 0 aliphatic carbocycles. The van der Waals surface area contributed by atoms with Gasteiger partial charge >= 0.3 is 0 Å². The Morgan fingerprint density at radius 3 is 2.60 bits per heavy atom. The second-order valence-corrected chi connectivity index (χ2v) is 4.05. The van der Waals surface area contributed by atoms with Gasteiger partial charge in [-0.2, -0.15) is 0 Å². The third-order valence-electron chi connectivity index (χ3n) is 2.96. The van der Waals surface area contributed by atoms with E-state index in [1.165, 1.54) is 12.1 Å². The Labute approximate surface area is 89.7 Å². The summed E-state index contributed by atoms with van der Waals surface area (Å²) >= 11 is 0. The van der Waals surface area contributed by atoms with E-state index >= 15 is 0 Å². The summed E-state index contributed by atoms with van der Waals surface area (Å²) in [6.45, 7) is 3.76. The van der Waals surface area contributed by atoms with E-state index in [1.54, 1.807) is 0 Å². The second-order valence-electron chi connectivity index (χ2n) is 4.05. The van der Waals surface area contributed by atoms with Crippen LogP contribution >= 0.6 is 0 Å². The van der Waals surface area contributed by atoms with Crippen molar-refractivity contribution in [2.24, 2.45) is 0 Å². The molecule has 1 fully saturated rings. The first-order valence-corrected chi connectivity index (χ1v) is 5.26. The minimum atomic E-state index is -0.189. The highest BCUT2D eigenvalue weighted by molar-refractivity contribution is 5.21. The molecule has 1 aromatic rings. The van der Waals surface area contributed by atoms with Gasteiger partial charge in [-0.05, 0) is 31.7 Å². The van der Waals surface area contributed by atoms with Crippen molar-refractivity contribution < 1.29 is 9.13 Å². The molecule has 15 heavy (non-hydrogen) atoms. The van der Waals surface area contributed by atoms with Crippen LogP contribution in [-0.2, 0) is 4.74 Å². The average molecular weight is 209 g/mol. The summed E-state index contributed by atoms with van der Waals surface area (Å²) < 4.78 is 18.4. The molecule has 1 aliphatic rings. The Kier molecular flexibility index (Phi) is 3.03. The number of ether oxygens (including phenoxy) is 1. The third kappa shape index (κ3) is 2.19. The molecule has 1 aliphatic heterocycles. The van der Waals surface area contributed by atoms with Gasteiger partial charge in [-0.1, -0.05) is 12.1 Å². The number of likely N-dealkylation sites (N-methyl/N-ethyl adjacent to an activating group) is 1. The first-order chi connectivity index (χ1) is 7.18. The van der Waals surface area contributed by atoms with Crippen LogP contribution in [-0.4, -0.2) is 31.2 Å². The number of hydrogen-bond donors (Lipinski definition) is 0. The molecule has 0 aromatic heterocycles. The van der Waals surface area contributed by atoms with Crippen molar-refractivity contribution in [3.8, 4) is 0 Å². The molecule has 0 spiro atoms. The van der Waals surface area contributed by atoms with Crippen LogP contribution in [0.4, 0.5) is 4.39 Å². The van der Waals surface area contributed by atoms with Gasteiger partial charge in [0.1, 0.15) is 5.82 Å². The molecule has 0 unspecified atom stereocenters. The molecule has 2 nitrogen and oxygen atoms in total. The zero-order chi connectivity index (χ0) is 10.8. The summed E-state index contributed by atoms with van der Waals surface area (Å²) in [5.74, 6) is -0.189. The number of halogens is 1. The summed E-state index contributed by atoms with van der Waals surface area (Å²) in [4.78, 5) is 2.25. The van der Waals surface area contributed by atoms with Crippen LogP contribution in [0.25, 0.3) is 0 Å². The normalized spacial score (nSPS) is 27.9. The molecule has 2 rings (SSSR count). The van der Waals surface area contributed by atoms with Crippen molar-refractivity contribution in [2.45, 2.75) is 19.1 Å². The summed E-state index contributed by atoms with van der Waals surface area (Å²) in [6.07, 6.45) is 0.161. The van der Waals surface area contributed by atoms with Crippen LogP contribution in [0.3, 0.4) is 0 Å². The van der Waals surface area contributed by atoms with Crippen molar-refractivity contribution in [2.75, 3.05) is 20.2 Å². The molecule has 1 saturated heterocycles. The largest absolute Gasteiger partial charge is 0.375 e. The highest BCUT2D eigenvalue weighted by Gasteiger charge is 2.27. The van der Waals surface area contributed by atoms with Crippen LogP contribution in [0, 0.1) is 5.82 Å². The van der Waals surface area contributed by atoms with Gasteiger partial charge in [0.2, 0.25) is 0 Å². The Balaban J connectivity index is 2.23. The molecule has 1 aromatic carbocycles. The zero-order valence-electron chi connectivity index (χ0n) is 9.11. The lowest BCUT2D eigenvalue weighted by Gasteiger charge is -2.37. The lowest BCUT2D eigenvalue weighted by atomic mass is 10.00. The molecule has 0 bridgehead atoms. The Morgan fingerprint density at radius 1 is 1.33 bits per heavy atom. The van der Waals surface area contributed by atoms with Gasteiger partial charge in [-0.3, -0.25) is 4.90 Å². The van der Waals surface area contributed by atoms with Crippen LogP contribution in [0.5, 0.6) is 0 Å². The maximum absolute atomic E-state index is 12.8. The van der Waals surface area contributed by atoms with Gasteiger partial charge in [0.25, 0.3) is 0 Å². The highest BCUT2D eigenvalue weighted by Crippen LogP contribution is 2.27. The third-order valence-corrected chi connectivity index (χ3v) is 2.96. The van der Waals surface area contributed by atoms with E-state index in [-0.39, 0.29) is 18.0 Å². The predicted molar refractivity (Wildman–Crippen MR) is 57.2 cm³/mol. The lowest BCUT2D eigenvalue weighted by molar-refractivity contribution is -0.0529. The number of hydrogen-bond acceptors (Lipinski definition) is 2. The monoisotopic (exact) mass is 209 g/mol. The fourth-order valence-electron chi connectivity index (χ4n) is 2.16. The van der Waals surface area contributed by atoms with Crippen LogP contribution in [0.2, 0.25) is 0 Å². The van der Waals surface area contributed by atoms with E-state index in [4.69, 9.17) is 4.74 Å². The van der Waals surface area contributed by atoms with Crippen molar-refractivity contribution in [1.29, 1.82) is 0 Å². The molecule has 3 heteroatoms. The Hall–Kier alpha value is -0.930. The molecular formula is C12H16FNO. The molecular weight excluding hydrogens is 193 g/mol. The van der Waals surface area contributed by atoms with Crippen LogP contribution < -0.4 is 0 Å². The molecule has 1 heterocycles. The van der Waals surface area contributed by atoms with E-state index in [0.29, 0.717) is 0 Å². The average Bonchev–Trinajstić information content (AvgIpc) is 2.20. The fourth-order valence-corrected chi connectivity index (χ4v) is 2.16. The zero-order valence-corrected chi connectivity index (χ0v) is 9.11. The van der Waals surface area contributed by atoms with Gasteiger partial charge in [0, 0.05) is 6.54 Å². The highest BCUT2D eigenvalue weighted by atomic mass is 19.1. The molecule has 0 amide bonds. The van der Waals surface area contributed by atoms with Crippen molar-refractivity contribution in [3.63, 3.8) is 0 Å². The second kappa shape index (κ2) is 4.29. The molecule has 0 N–H and O–H groups in total. The van der Waals surface area contributed by atoms with Gasteiger partial charge in [0.15, 0.2) is 0 Å². The standard InChI is InChI=1S/C12H16FNO/c1-9-12(14(2)7-8-15-9)10-3-5-11(13)6-4-10/h3-6,9,12H,7-8H2,1-2H3/t9-,12+/m0/s1. The fraction of sp³-hybridized carbons (Fsp3) is 0.500. The van der Waals surface area contributed by atoms with E-state index in [9.17, 15) is 4.39 Å².